The first kappa shape index (κ1) is 13.9. The van der Waals surface area contributed by atoms with Crippen LogP contribution in [0.5, 0.6) is 5.88 Å². The van der Waals surface area contributed by atoms with Gasteiger partial charge in [0.2, 0.25) is 5.88 Å². The SMILES string of the molecule is COc1nc(-c2cnccn2)ccc1C(=O)c1ccccc1. The molecule has 0 aliphatic heterocycles. The Labute approximate surface area is 127 Å². The van der Waals surface area contributed by atoms with E-state index in [1.165, 1.54) is 7.11 Å². The van der Waals surface area contributed by atoms with Crippen molar-refractivity contribution < 1.29 is 9.53 Å². The van der Waals surface area contributed by atoms with Gasteiger partial charge in [-0.25, -0.2) is 4.98 Å². The maximum Gasteiger partial charge on any atom is 0.225 e. The lowest BCUT2D eigenvalue weighted by Gasteiger charge is -2.08. The first-order valence-corrected chi connectivity index (χ1v) is 6.71. The van der Waals surface area contributed by atoms with Gasteiger partial charge in [0.15, 0.2) is 5.78 Å². The number of hydrogen-bond acceptors (Lipinski definition) is 5. The molecule has 3 aromatic rings. The van der Waals surface area contributed by atoms with Gasteiger partial charge in [0.1, 0.15) is 5.69 Å². The zero-order valence-electron chi connectivity index (χ0n) is 11.9. The fourth-order valence-corrected chi connectivity index (χ4v) is 2.09. The second-order valence-corrected chi connectivity index (χ2v) is 4.54. The number of carbonyl (C=O) groups is 1. The van der Waals surface area contributed by atoms with Gasteiger partial charge in [0, 0.05) is 18.0 Å². The van der Waals surface area contributed by atoms with E-state index < -0.39 is 0 Å². The molecule has 0 saturated heterocycles. The number of benzene rings is 1. The minimum absolute atomic E-state index is 0.129. The van der Waals surface area contributed by atoms with E-state index in [1.54, 1.807) is 42.9 Å². The smallest absolute Gasteiger partial charge is 0.225 e. The molecule has 1 aromatic carbocycles. The molecule has 0 radical (unpaired) electrons. The third-order valence-electron chi connectivity index (χ3n) is 3.16. The minimum atomic E-state index is -0.129. The maximum absolute atomic E-state index is 12.5. The molecule has 3 rings (SSSR count). The Morgan fingerprint density at radius 1 is 1.00 bits per heavy atom. The van der Waals surface area contributed by atoms with Crippen molar-refractivity contribution in [3.05, 3.63) is 72.2 Å². The zero-order chi connectivity index (χ0) is 15.4. The van der Waals surface area contributed by atoms with Crippen molar-refractivity contribution in [1.29, 1.82) is 0 Å². The van der Waals surface area contributed by atoms with E-state index in [2.05, 4.69) is 15.0 Å². The molecule has 5 heteroatoms. The van der Waals surface area contributed by atoms with Crippen LogP contribution in [0.2, 0.25) is 0 Å². The van der Waals surface area contributed by atoms with Crippen LogP contribution in [0.15, 0.2) is 61.1 Å². The zero-order valence-corrected chi connectivity index (χ0v) is 11.9. The average molecular weight is 291 g/mol. The number of hydrogen-bond donors (Lipinski definition) is 0. The first-order chi connectivity index (χ1) is 10.8. The number of ether oxygens (including phenoxy) is 1. The van der Waals surface area contributed by atoms with E-state index in [0.29, 0.717) is 22.5 Å². The number of methoxy groups -OCH3 is 1. The van der Waals surface area contributed by atoms with Gasteiger partial charge in [-0.3, -0.25) is 14.8 Å². The average Bonchev–Trinajstić information content (AvgIpc) is 2.62. The second kappa shape index (κ2) is 6.13. The molecular formula is C17H13N3O2. The first-order valence-electron chi connectivity index (χ1n) is 6.71. The van der Waals surface area contributed by atoms with Crippen LogP contribution in [-0.2, 0) is 0 Å². The van der Waals surface area contributed by atoms with E-state index in [4.69, 9.17) is 4.74 Å². The van der Waals surface area contributed by atoms with Crippen LogP contribution in [0.1, 0.15) is 15.9 Å². The number of ketones is 1. The molecule has 0 aliphatic rings. The topological polar surface area (TPSA) is 65.0 Å². The highest BCUT2D eigenvalue weighted by molar-refractivity contribution is 6.10. The van der Waals surface area contributed by atoms with Gasteiger partial charge >= 0.3 is 0 Å². The Kier molecular flexibility index (Phi) is 3.87. The van der Waals surface area contributed by atoms with Crippen molar-refractivity contribution in [3.8, 4) is 17.3 Å². The van der Waals surface area contributed by atoms with Crippen LogP contribution < -0.4 is 4.74 Å². The number of carbonyl (C=O) groups excluding carboxylic acids is 1. The van der Waals surface area contributed by atoms with Gasteiger partial charge < -0.3 is 4.74 Å². The summed E-state index contributed by atoms with van der Waals surface area (Å²) >= 11 is 0. The molecule has 0 saturated carbocycles. The summed E-state index contributed by atoms with van der Waals surface area (Å²) in [6, 6.07) is 12.5. The molecule has 0 fully saturated rings. The highest BCUT2D eigenvalue weighted by Gasteiger charge is 2.16. The number of nitrogens with zero attached hydrogens (tertiary/aromatic N) is 3. The molecule has 0 bridgehead atoms. The Morgan fingerprint density at radius 2 is 1.82 bits per heavy atom. The second-order valence-electron chi connectivity index (χ2n) is 4.54. The molecule has 2 aromatic heterocycles. The molecule has 0 spiro atoms. The summed E-state index contributed by atoms with van der Waals surface area (Å²) < 4.78 is 5.27. The number of aromatic nitrogens is 3. The van der Waals surface area contributed by atoms with Crippen molar-refractivity contribution >= 4 is 5.78 Å². The van der Waals surface area contributed by atoms with Crippen LogP contribution in [0, 0.1) is 0 Å². The molecular weight excluding hydrogens is 278 g/mol. The van der Waals surface area contributed by atoms with Crippen LogP contribution in [0.25, 0.3) is 11.4 Å². The lowest BCUT2D eigenvalue weighted by molar-refractivity contribution is 0.103. The van der Waals surface area contributed by atoms with Crippen LogP contribution >= 0.6 is 0 Å². The Morgan fingerprint density at radius 3 is 2.50 bits per heavy atom. The third kappa shape index (κ3) is 2.69. The normalized spacial score (nSPS) is 10.2. The summed E-state index contributed by atoms with van der Waals surface area (Å²) in [5, 5.41) is 0. The van der Waals surface area contributed by atoms with Crippen molar-refractivity contribution in [1.82, 2.24) is 15.0 Å². The maximum atomic E-state index is 12.5. The standard InChI is InChI=1S/C17H13N3O2/c1-22-17-13(16(21)12-5-3-2-4-6-12)7-8-14(20-17)15-11-18-9-10-19-15/h2-11H,1H3. The summed E-state index contributed by atoms with van der Waals surface area (Å²) in [4.78, 5) is 25.1. The molecule has 5 nitrogen and oxygen atoms in total. The predicted octanol–water partition coefficient (Wildman–Crippen LogP) is 2.78. The van der Waals surface area contributed by atoms with Gasteiger partial charge in [0.25, 0.3) is 0 Å². The fraction of sp³-hybridized carbons (Fsp3) is 0.0588. The van der Waals surface area contributed by atoms with Crippen LogP contribution in [-0.4, -0.2) is 27.8 Å². The Hall–Kier alpha value is -3.08. The highest BCUT2D eigenvalue weighted by Crippen LogP contribution is 2.23. The van der Waals surface area contributed by atoms with Gasteiger partial charge in [-0.15, -0.1) is 0 Å². The van der Waals surface area contributed by atoms with Crippen LogP contribution in [0.4, 0.5) is 0 Å². The van der Waals surface area contributed by atoms with Gasteiger partial charge in [-0.1, -0.05) is 30.3 Å². The van der Waals surface area contributed by atoms with Gasteiger partial charge in [-0.2, -0.15) is 0 Å². The van der Waals surface area contributed by atoms with E-state index in [0.717, 1.165) is 0 Å². The Bertz CT molecular complexity index is 790. The van der Waals surface area contributed by atoms with Crippen molar-refractivity contribution in [3.63, 3.8) is 0 Å². The van der Waals surface area contributed by atoms with E-state index in [-0.39, 0.29) is 11.7 Å². The quantitative estimate of drug-likeness (QED) is 0.691. The monoisotopic (exact) mass is 291 g/mol. The third-order valence-corrected chi connectivity index (χ3v) is 3.16. The van der Waals surface area contributed by atoms with Crippen molar-refractivity contribution in [2.75, 3.05) is 7.11 Å². The molecule has 22 heavy (non-hydrogen) atoms. The van der Waals surface area contributed by atoms with Gasteiger partial charge in [-0.05, 0) is 12.1 Å². The van der Waals surface area contributed by atoms with Crippen molar-refractivity contribution in [2.24, 2.45) is 0 Å². The van der Waals surface area contributed by atoms with Gasteiger partial charge in [0.05, 0.1) is 24.6 Å². The molecule has 0 amide bonds. The Balaban J connectivity index is 2.02. The predicted molar refractivity (Wildman–Crippen MR) is 81.7 cm³/mol. The largest absolute Gasteiger partial charge is 0.480 e. The molecule has 0 aliphatic carbocycles. The van der Waals surface area contributed by atoms with E-state index >= 15 is 0 Å². The lowest BCUT2D eigenvalue weighted by atomic mass is 10.0. The minimum Gasteiger partial charge on any atom is -0.480 e. The van der Waals surface area contributed by atoms with E-state index in [1.807, 2.05) is 18.2 Å². The molecule has 0 atom stereocenters. The summed E-state index contributed by atoms with van der Waals surface area (Å²) in [5.74, 6) is 0.146. The molecule has 0 unspecified atom stereocenters. The number of pyridine rings is 1. The fourth-order valence-electron chi connectivity index (χ4n) is 2.09. The molecule has 0 N–H and O–H groups in total. The van der Waals surface area contributed by atoms with Crippen molar-refractivity contribution in [2.45, 2.75) is 0 Å². The lowest BCUT2D eigenvalue weighted by Crippen LogP contribution is -2.06. The number of rotatable bonds is 4. The molecule has 108 valence electrons. The highest BCUT2D eigenvalue weighted by atomic mass is 16.5. The van der Waals surface area contributed by atoms with E-state index in [9.17, 15) is 4.79 Å². The summed E-state index contributed by atoms with van der Waals surface area (Å²) in [5.41, 5.74) is 2.24. The van der Waals surface area contributed by atoms with Crippen LogP contribution in [0.3, 0.4) is 0 Å². The summed E-state index contributed by atoms with van der Waals surface area (Å²) in [6.45, 7) is 0. The summed E-state index contributed by atoms with van der Waals surface area (Å²) in [7, 11) is 1.49. The molecule has 2 heterocycles. The summed E-state index contributed by atoms with van der Waals surface area (Å²) in [6.07, 6.45) is 4.79.